The molecule has 0 aromatic heterocycles. The largest absolute Gasteiger partial charge is 0.311 e. The van der Waals surface area contributed by atoms with Gasteiger partial charge in [-0.3, -0.25) is 14.5 Å². The lowest BCUT2D eigenvalue weighted by Crippen LogP contribution is -2.39. The number of benzene rings is 1. The SMILES string of the molecule is CN1C(=O)/C(=C2/SC(=S)N([C@H]3CCS(=O)(=O)C3)C2=O)c2ccccc21. The lowest BCUT2D eigenvalue weighted by atomic mass is 10.1. The van der Waals surface area contributed by atoms with Crippen LogP contribution in [0.5, 0.6) is 0 Å². The van der Waals surface area contributed by atoms with Gasteiger partial charge in [0, 0.05) is 12.6 Å². The third-order valence-corrected chi connectivity index (χ3v) is 7.80. The van der Waals surface area contributed by atoms with Gasteiger partial charge >= 0.3 is 0 Å². The maximum absolute atomic E-state index is 13.0. The quantitative estimate of drug-likeness (QED) is 0.530. The molecule has 0 radical (unpaired) electrons. The zero-order valence-electron chi connectivity index (χ0n) is 13.3. The number of nitrogens with zero attached hydrogens (tertiary/aromatic N) is 2. The molecule has 2 saturated heterocycles. The number of hydrogen-bond acceptors (Lipinski definition) is 6. The van der Waals surface area contributed by atoms with Crippen molar-refractivity contribution in [3.63, 3.8) is 0 Å². The van der Waals surface area contributed by atoms with Gasteiger partial charge in [0.05, 0.1) is 33.7 Å². The smallest absolute Gasteiger partial charge is 0.267 e. The maximum Gasteiger partial charge on any atom is 0.267 e. The van der Waals surface area contributed by atoms with Crippen LogP contribution in [0.2, 0.25) is 0 Å². The first-order valence-electron chi connectivity index (χ1n) is 7.67. The highest BCUT2D eigenvalue weighted by molar-refractivity contribution is 8.26. The Hall–Kier alpha value is -1.71. The summed E-state index contributed by atoms with van der Waals surface area (Å²) in [5.41, 5.74) is 1.80. The highest BCUT2D eigenvalue weighted by atomic mass is 32.2. The number of hydrogen-bond donors (Lipinski definition) is 0. The number of sulfone groups is 1. The number of thioether (sulfide) groups is 1. The normalized spacial score (nSPS) is 28.2. The second-order valence-corrected chi connectivity index (χ2v) is 10.1. The highest BCUT2D eigenvalue weighted by Crippen LogP contribution is 2.45. The lowest BCUT2D eigenvalue weighted by molar-refractivity contribution is -0.123. The number of carbonyl (C=O) groups excluding carboxylic acids is 2. The summed E-state index contributed by atoms with van der Waals surface area (Å²) in [4.78, 5) is 28.8. The molecule has 9 heteroatoms. The Morgan fingerprint density at radius 2 is 1.92 bits per heavy atom. The van der Waals surface area contributed by atoms with Gasteiger partial charge in [0.15, 0.2) is 9.84 Å². The molecule has 3 heterocycles. The van der Waals surface area contributed by atoms with Crippen LogP contribution in [0.4, 0.5) is 5.69 Å². The predicted octanol–water partition coefficient (Wildman–Crippen LogP) is 1.42. The van der Waals surface area contributed by atoms with Crippen LogP contribution >= 0.6 is 24.0 Å². The van der Waals surface area contributed by atoms with Gasteiger partial charge < -0.3 is 4.90 Å². The summed E-state index contributed by atoms with van der Waals surface area (Å²) in [6.45, 7) is 0. The summed E-state index contributed by atoms with van der Waals surface area (Å²) in [6.07, 6.45) is 0.377. The van der Waals surface area contributed by atoms with Gasteiger partial charge in [0.25, 0.3) is 11.8 Å². The van der Waals surface area contributed by atoms with E-state index < -0.39 is 15.9 Å². The molecule has 6 nitrogen and oxygen atoms in total. The number of para-hydroxylation sites is 1. The van der Waals surface area contributed by atoms with E-state index in [2.05, 4.69) is 0 Å². The van der Waals surface area contributed by atoms with Gasteiger partial charge in [0.2, 0.25) is 0 Å². The average molecular weight is 394 g/mol. The van der Waals surface area contributed by atoms with Gasteiger partial charge in [-0.1, -0.05) is 42.2 Å². The second kappa shape index (κ2) is 5.65. The van der Waals surface area contributed by atoms with Crippen LogP contribution in [-0.4, -0.2) is 54.0 Å². The number of carbonyl (C=O) groups is 2. The average Bonchev–Trinajstić information content (AvgIpc) is 3.14. The number of amides is 2. The summed E-state index contributed by atoms with van der Waals surface area (Å²) in [5, 5.41) is 0. The van der Waals surface area contributed by atoms with E-state index in [1.54, 1.807) is 13.1 Å². The number of likely N-dealkylation sites (N-methyl/N-ethyl adjacent to an activating group) is 1. The summed E-state index contributed by atoms with van der Waals surface area (Å²) >= 11 is 6.40. The summed E-state index contributed by atoms with van der Waals surface area (Å²) in [6, 6.07) is 6.83. The van der Waals surface area contributed by atoms with Gasteiger partial charge in [-0.2, -0.15) is 0 Å². The third-order valence-electron chi connectivity index (χ3n) is 4.65. The lowest BCUT2D eigenvalue weighted by Gasteiger charge is -2.21. The molecule has 1 atom stereocenters. The van der Waals surface area contributed by atoms with Crippen molar-refractivity contribution in [2.45, 2.75) is 12.5 Å². The minimum Gasteiger partial charge on any atom is -0.311 e. The van der Waals surface area contributed by atoms with Crippen molar-refractivity contribution in [1.29, 1.82) is 0 Å². The minimum absolute atomic E-state index is 0.0606. The number of thiocarbonyl (C=S) groups is 1. The van der Waals surface area contributed by atoms with Crippen molar-refractivity contribution >= 4 is 61.2 Å². The first-order valence-corrected chi connectivity index (χ1v) is 10.7. The van der Waals surface area contributed by atoms with Crippen molar-refractivity contribution in [3.8, 4) is 0 Å². The molecular weight excluding hydrogens is 380 g/mol. The Bertz CT molecular complexity index is 967. The molecule has 130 valence electrons. The zero-order valence-corrected chi connectivity index (χ0v) is 15.7. The third kappa shape index (κ3) is 2.52. The Morgan fingerprint density at radius 1 is 1.20 bits per heavy atom. The molecule has 1 aromatic carbocycles. The topological polar surface area (TPSA) is 74.8 Å². The predicted molar refractivity (Wildman–Crippen MR) is 101 cm³/mol. The van der Waals surface area contributed by atoms with Crippen LogP contribution in [0.1, 0.15) is 12.0 Å². The fraction of sp³-hybridized carbons (Fsp3) is 0.312. The summed E-state index contributed by atoms with van der Waals surface area (Å²) in [7, 11) is -1.47. The Labute approximate surface area is 154 Å². The molecule has 0 saturated carbocycles. The van der Waals surface area contributed by atoms with E-state index >= 15 is 0 Å². The molecule has 1 aromatic rings. The second-order valence-electron chi connectivity index (χ2n) is 6.19. The van der Waals surface area contributed by atoms with E-state index in [-0.39, 0.29) is 28.2 Å². The van der Waals surface area contributed by atoms with Crippen LogP contribution < -0.4 is 4.90 Å². The summed E-state index contributed by atoms with van der Waals surface area (Å²) in [5.74, 6) is -0.635. The van der Waals surface area contributed by atoms with Gasteiger partial charge in [-0.15, -0.1) is 0 Å². The standard InChI is InChI=1S/C16H14N2O4S3/c1-17-11-5-3-2-4-10(11)12(14(17)19)13-15(20)18(16(23)24-13)9-6-7-25(21,22)8-9/h2-5,9H,6-8H2,1H3/b13-12+/t9-/m0/s1. The highest BCUT2D eigenvalue weighted by Gasteiger charge is 2.45. The fourth-order valence-corrected chi connectivity index (χ4v) is 6.59. The van der Waals surface area contributed by atoms with Gasteiger partial charge in [-0.25, -0.2) is 8.42 Å². The van der Waals surface area contributed by atoms with E-state index in [1.165, 1.54) is 9.80 Å². The van der Waals surface area contributed by atoms with Crippen molar-refractivity contribution < 1.29 is 18.0 Å². The van der Waals surface area contributed by atoms with Crippen LogP contribution in [0.15, 0.2) is 29.2 Å². The van der Waals surface area contributed by atoms with Crippen LogP contribution in [0.3, 0.4) is 0 Å². The van der Waals surface area contributed by atoms with E-state index in [1.807, 2.05) is 18.2 Å². The first-order chi connectivity index (χ1) is 11.8. The number of fused-ring (bicyclic) bond motifs is 1. The van der Waals surface area contributed by atoms with E-state index in [0.29, 0.717) is 21.9 Å². The zero-order chi connectivity index (χ0) is 17.9. The van der Waals surface area contributed by atoms with Gasteiger partial charge in [-0.05, 0) is 12.5 Å². The fourth-order valence-electron chi connectivity index (χ4n) is 3.41. The molecule has 3 aliphatic rings. The Kier molecular flexibility index (Phi) is 3.78. The molecule has 2 amide bonds. The molecular formula is C16H14N2O4S3. The van der Waals surface area contributed by atoms with E-state index in [4.69, 9.17) is 12.2 Å². The minimum atomic E-state index is -3.14. The van der Waals surface area contributed by atoms with E-state index in [9.17, 15) is 18.0 Å². The molecule has 0 unspecified atom stereocenters. The molecule has 25 heavy (non-hydrogen) atoms. The first kappa shape index (κ1) is 16.7. The van der Waals surface area contributed by atoms with Crippen LogP contribution in [0.25, 0.3) is 5.57 Å². The Balaban J connectivity index is 1.78. The summed E-state index contributed by atoms with van der Waals surface area (Å²) < 4.78 is 23.8. The van der Waals surface area contributed by atoms with Crippen molar-refractivity contribution in [2.75, 3.05) is 23.5 Å². The molecule has 0 aliphatic carbocycles. The molecule has 0 N–H and O–H groups in total. The molecule has 2 fully saturated rings. The molecule has 0 bridgehead atoms. The van der Waals surface area contributed by atoms with Crippen molar-refractivity contribution in [2.24, 2.45) is 0 Å². The van der Waals surface area contributed by atoms with Crippen molar-refractivity contribution in [3.05, 3.63) is 34.7 Å². The maximum atomic E-state index is 13.0. The Morgan fingerprint density at radius 3 is 2.60 bits per heavy atom. The monoisotopic (exact) mass is 394 g/mol. The van der Waals surface area contributed by atoms with Gasteiger partial charge in [0.1, 0.15) is 4.32 Å². The molecule has 4 rings (SSSR count). The van der Waals surface area contributed by atoms with Crippen LogP contribution in [0, 0.1) is 0 Å². The number of anilines is 1. The molecule has 3 aliphatic heterocycles. The van der Waals surface area contributed by atoms with E-state index in [0.717, 1.165) is 17.4 Å². The van der Waals surface area contributed by atoms with Crippen molar-refractivity contribution in [1.82, 2.24) is 4.90 Å². The van der Waals surface area contributed by atoms with Crippen LogP contribution in [-0.2, 0) is 19.4 Å². The molecule has 0 spiro atoms. The number of rotatable bonds is 1.